The summed E-state index contributed by atoms with van der Waals surface area (Å²) in [5.74, 6) is 0. The minimum atomic E-state index is -0.531. The maximum Gasteiger partial charge on any atom is 0.105 e. The van der Waals surface area contributed by atoms with Gasteiger partial charge in [-0.05, 0) is 12.5 Å². The molecule has 0 saturated heterocycles. The second-order valence-electron chi connectivity index (χ2n) is 2.80. The van der Waals surface area contributed by atoms with Crippen LogP contribution in [0, 0.1) is 0 Å². The van der Waals surface area contributed by atoms with Crippen LogP contribution in [0.3, 0.4) is 0 Å². The predicted molar refractivity (Wildman–Crippen MR) is 47.9 cm³/mol. The van der Waals surface area contributed by atoms with Gasteiger partial charge in [0.25, 0.3) is 0 Å². The van der Waals surface area contributed by atoms with E-state index < -0.39 is 6.10 Å². The van der Waals surface area contributed by atoms with Crippen LogP contribution in [0.1, 0.15) is 18.6 Å². The van der Waals surface area contributed by atoms with E-state index in [1.807, 2.05) is 37.3 Å². The van der Waals surface area contributed by atoms with Crippen molar-refractivity contribution < 1.29 is 9.84 Å². The van der Waals surface area contributed by atoms with Gasteiger partial charge in [-0.2, -0.15) is 0 Å². The van der Waals surface area contributed by atoms with Gasteiger partial charge >= 0.3 is 0 Å². The third kappa shape index (κ3) is 2.06. The molecule has 2 nitrogen and oxygen atoms in total. The average molecular weight is 166 g/mol. The topological polar surface area (TPSA) is 29.5 Å². The Morgan fingerprint density at radius 1 is 1.25 bits per heavy atom. The van der Waals surface area contributed by atoms with Gasteiger partial charge in [0.1, 0.15) is 6.10 Å². The van der Waals surface area contributed by atoms with Crippen molar-refractivity contribution in [2.45, 2.75) is 19.1 Å². The van der Waals surface area contributed by atoms with E-state index in [0.29, 0.717) is 0 Å². The highest BCUT2D eigenvalue weighted by molar-refractivity contribution is 5.17. The van der Waals surface area contributed by atoms with Gasteiger partial charge in [-0.25, -0.2) is 0 Å². The lowest BCUT2D eigenvalue weighted by Crippen LogP contribution is -2.16. The van der Waals surface area contributed by atoms with E-state index in [0.717, 1.165) is 5.56 Å². The van der Waals surface area contributed by atoms with Crippen molar-refractivity contribution in [1.82, 2.24) is 0 Å². The minimum absolute atomic E-state index is 0.160. The van der Waals surface area contributed by atoms with Crippen LogP contribution in [0.5, 0.6) is 0 Å². The molecule has 0 saturated carbocycles. The van der Waals surface area contributed by atoms with E-state index in [-0.39, 0.29) is 6.10 Å². The largest absolute Gasteiger partial charge is 0.386 e. The van der Waals surface area contributed by atoms with Crippen LogP contribution >= 0.6 is 0 Å². The number of aliphatic hydroxyl groups excluding tert-OH is 1. The lowest BCUT2D eigenvalue weighted by molar-refractivity contribution is -0.00142. The smallest absolute Gasteiger partial charge is 0.105 e. The molecule has 0 aliphatic carbocycles. The normalized spacial score (nSPS) is 15.6. The van der Waals surface area contributed by atoms with Crippen LogP contribution in [0.4, 0.5) is 0 Å². The third-order valence-corrected chi connectivity index (χ3v) is 1.96. The number of rotatable bonds is 3. The molecule has 0 aliphatic rings. The van der Waals surface area contributed by atoms with Gasteiger partial charge in [0.05, 0.1) is 6.10 Å². The minimum Gasteiger partial charge on any atom is -0.386 e. The molecule has 0 spiro atoms. The van der Waals surface area contributed by atoms with Crippen molar-refractivity contribution in [1.29, 1.82) is 0 Å². The Morgan fingerprint density at radius 2 is 1.83 bits per heavy atom. The molecule has 1 rings (SSSR count). The fourth-order valence-corrected chi connectivity index (χ4v) is 1.05. The number of ether oxygens (including phenoxy) is 1. The molecule has 0 aromatic heterocycles. The molecule has 2 atom stereocenters. The third-order valence-electron chi connectivity index (χ3n) is 1.96. The summed E-state index contributed by atoms with van der Waals surface area (Å²) in [6.45, 7) is 1.84. The Hall–Kier alpha value is -0.860. The zero-order valence-corrected chi connectivity index (χ0v) is 7.40. The zero-order chi connectivity index (χ0) is 8.97. The molecule has 0 radical (unpaired) electrons. The van der Waals surface area contributed by atoms with Gasteiger partial charge in [-0.3, -0.25) is 0 Å². The summed E-state index contributed by atoms with van der Waals surface area (Å²) in [6.07, 6.45) is -0.691. The molecule has 0 bridgehead atoms. The second-order valence-corrected chi connectivity index (χ2v) is 2.80. The molecule has 0 unspecified atom stereocenters. The maximum atomic E-state index is 9.66. The maximum absolute atomic E-state index is 9.66. The first-order valence-corrected chi connectivity index (χ1v) is 4.01. The van der Waals surface area contributed by atoms with Crippen LogP contribution in [-0.4, -0.2) is 18.3 Å². The molecule has 1 aromatic carbocycles. The molecule has 12 heavy (non-hydrogen) atoms. The van der Waals surface area contributed by atoms with Crippen LogP contribution in [0.15, 0.2) is 30.3 Å². The van der Waals surface area contributed by atoms with Crippen LogP contribution in [0.2, 0.25) is 0 Å². The Labute approximate surface area is 72.8 Å². The van der Waals surface area contributed by atoms with E-state index in [2.05, 4.69) is 0 Å². The summed E-state index contributed by atoms with van der Waals surface area (Å²) >= 11 is 0. The van der Waals surface area contributed by atoms with Gasteiger partial charge in [0.15, 0.2) is 0 Å². The molecule has 0 amide bonds. The number of aliphatic hydroxyl groups is 1. The standard InChI is InChI=1S/C10H14O2/c1-8(12-2)10(11)9-6-4-3-5-7-9/h3-8,10-11H,1-2H3/t8-,10+/m0/s1. The van der Waals surface area contributed by atoms with E-state index in [1.54, 1.807) is 7.11 Å². The first kappa shape index (κ1) is 9.23. The van der Waals surface area contributed by atoms with E-state index in [1.165, 1.54) is 0 Å². The molecular formula is C10H14O2. The number of benzene rings is 1. The summed E-state index contributed by atoms with van der Waals surface area (Å²) in [5, 5.41) is 9.66. The molecule has 0 fully saturated rings. The van der Waals surface area contributed by atoms with E-state index in [9.17, 15) is 5.11 Å². The molecule has 1 aromatic rings. The molecular weight excluding hydrogens is 152 g/mol. The molecule has 2 heteroatoms. The van der Waals surface area contributed by atoms with Crippen molar-refractivity contribution in [3.63, 3.8) is 0 Å². The highest BCUT2D eigenvalue weighted by Gasteiger charge is 2.14. The number of hydrogen-bond donors (Lipinski definition) is 1. The van der Waals surface area contributed by atoms with Gasteiger partial charge in [-0.15, -0.1) is 0 Å². The predicted octanol–water partition coefficient (Wildman–Crippen LogP) is 1.75. The summed E-state index contributed by atoms with van der Waals surface area (Å²) < 4.78 is 5.02. The lowest BCUT2D eigenvalue weighted by Gasteiger charge is -2.17. The van der Waals surface area contributed by atoms with Crippen molar-refractivity contribution in [2.24, 2.45) is 0 Å². The zero-order valence-electron chi connectivity index (χ0n) is 7.40. The first-order chi connectivity index (χ1) is 5.75. The summed E-state index contributed by atoms with van der Waals surface area (Å²) in [7, 11) is 1.59. The SMILES string of the molecule is CO[C@@H](C)[C@@H](O)c1ccccc1. The Kier molecular flexibility index (Phi) is 3.26. The van der Waals surface area contributed by atoms with Crippen molar-refractivity contribution in [3.05, 3.63) is 35.9 Å². The Morgan fingerprint density at radius 3 is 2.33 bits per heavy atom. The van der Waals surface area contributed by atoms with Gasteiger partial charge in [0, 0.05) is 7.11 Å². The molecule has 0 aliphatic heterocycles. The summed E-state index contributed by atoms with van der Waals surface area (Å²) in [5.41, 5.74) is 0.895. The van der Waals surface area contributed by atoms with Crippen LogP contribution in [-0.2, 0) is 4.74 Å². The Bertz CT molecular complexity index is 221. The summed E-state index contributed by atoms with van der Waals surface area (Å²) in [4.78, 5) is 0. The van der Waals surface area contributed by atoms with Crippen LogP contribution < -0.4 is 0 Å². The van der Waals surface area contributed by atoms with Crippen LogP contribution in [0.25, 0.3) is 0 Å². The van der Waals surface area contributed by atoms with E-state index in [4.69, 9.17) is 4.74 Å². The van der Waals surface area contributed by atoms with Crippen molar-refractivity contribution >= 4 is 0 Å². The van der Waals surface area contributed by atoms with Gasteiger partial charge in [0.2, 0.25) is 0 Å². The second kappa shape index (κ2) is 4.24. The molecule has 0 heterocycles. The fourth-order valence-electron chi connectivity index (χ4n) is 1.05. The molecule has 1 N–H and O–H groups in total. The van der Waals surface area contributed by atoms with Crippen molar-refractivity contribution in [3.8, 4) is 0 Å². The quantitative estimate of drug-likeness (QED) is 0.741. The highest BCUT2D eigenvalue weighted by Crippen LogP contribution is 2.17. The number of hydrogen-bond acceptors (Lipinski definition) is 2. The van der Waals surface area contributed by atoms with Gasteiger partial charge in [-0.1, -0.05) is 30.3 Å². The highest BCUT2D eigenvalue weighted by atomic mass is 16.5. The lowest BCUT2D eigenvalue weighted by atomic mass is 10.1. The summed E-state index contributed by atoms with van der Waals surface area (Å²) in [6, 6.07) is 9.51. The average Bonchev–Trinajstić information content (AvgIpc) is 2.17. The fraction of sp³-hybridized carbons (Fsp3) is 0.400. The van der Waals surface area contributed by atoms with E-state index >= 15 is 0 Å². The molecule has 66 valence electrons. The monoisotopic (exact) mass is 166 g/mol. The number of methoxy groups -OCH3 is 1. The first-order valence-electron chi connectivity index (χ1n) is 4.01. The Balaban J connectivity index is 2.71. The van der Waals surface area contributed by atoms with Crippen molar-refractivity contribution in [2.75, 3.05) is 7.11 Å². The van der Waals surface area contributed by atoms with Gasteiger partial charge < -0.3 is 9.84 Å².